The van der Waals surface area contributed by atoms with Gasteiger partial charge in [-0.2, -0.15) is 0 Å². The number of fused-ring (bicyclic) bond motifs is 1. The van der Waals surface area contributed by atoms with Crippen LogP contribution < -0.4 is 0 Å². The van der Waals surface area contributed by atoms with Crippen LogP contribution in [0.3, 0.4) is 0 Å². The van der Waals surface area contributed by atoms with Crippen molar-refractivity contribution in [1.29, 1.82) is 0 Å². The molecule has 0 saturated heterocycles. The van der Waals surface area contributed by atoms with Gasteiger partial charge in [-0.3, -0.25) is 0 Å². The van der Waals surface area contributed by atoms with Gasteiger partial charge in [0.25, 0.3) is 0 Å². The van der Waals surface area contributed by atoms with Crippen LogP contribution in [0.2, 0.25) is 0 Å². The second kappa shape index (κ2) is 4.50. The van der Waals surface area contributed by atoms with Gasteiger partial charge in [-0.15, -0.1) is 0 Å². The van der Waals surface area contributed by atoms with Crippen LogP contribution in [0.5, 0.6) is 0 Å². The highest BCUT2D eigenvalue weighted by Gasteiger charge is 2.12. The minimum Gasteiger partial charge on any atom is -0.382 e. The minimum atomic E-state index is -0.796. The van der Waals surface area contributed by atoms with E-state index in [0.29, 0.717) is 11.3 Å². The number of benzene rings is 1. The van der Waals surface area contributed by atoms with Gasteiger partial charge < -0.3 is 5.11 Å². The summed E-state index contributed by atoms with van der Waals surface area (Å²) in [6, 6.07) is 11.6. The number of hydrogen-bond donors (Lipinski definition) is 1. The van der Waals surface area contributed by atoms with Crippen LogP contribution in [0.25, 0.3) is 10.9 Å². The molecule has 0 aliphatic heterocycles. The van der Waals surface area contributed by atoms with Crippen molar-refractivity contribution in [3.63, 3.8) is 0 Å². The maximum absolute atomic E-state index is 10.2. The summed E-state index contributed by atoms with van der Waals surface area (Å²) in [5, 5.41) is 11.3. The number of pyridine rings is 1. The van der Waals surface area contributed by atoms with E-state index in [1.165, 1.54) is 6.33 Å². The SMILES string of the molecule is OC(c1cncnc1)c1ccc2ccccc2n1. The lowest BCUT2D eigenvalue weighted by molar-refractivity contribution is 0.215. The lowest BCUT2D eigenvalue weighted by Crippen LogP contribution is -2.03. The number of para-hydroxylation sites is 1. The molecule has 0 amide bonds. The average Bonchev–Trinajstić information content (AvgIpc) is 2.47. The molecule has 1 atom stereocenters. The van der Waals surface area contributed by atoms with Crippen molar-refractivity contribution in [1.82, 2.24) is 15.0 Å². The third-order valence-corrected chi connectivity index (χ3v) is 2.80. The van der Waals surface area contributed by atoms with E-state index >= 15 is 0 Å². The van der Waals surface area contributed by atoms with Gasteiger partial charge in [0.1, 0.15) is 12.4 Å². The zero-order valence-corrected chi connectivity index (χ0v) is 9.56. The smallest absolute Gasteiger partial charge is 0.124 e. The van der Waals surface area contributed by atoms with E-state index in [9.17, 15) is 5.11 Å². The topological polar surface area (TPSA) is 58.9 Å². The summed E-state index contributed by atoms with van der Waals surface area (Å²) in [5.74, 6) is 0. The van der Waals surface area contributed by atoms with Gasteiger partial charge in [0.15, 0.2) is 0 Å². The van der Waals surface area contributed by atoms with E-state index in [1.807, 2.05) is 36.4 Å². The Kier molecular flexibility index (Phi) is 2.70. The van der Waals surface area contributed by atoms with Gasteiger partial charge in [0.05, 0.1) is 11.2 Å². The molecule has 1 N–H and O–H groups in total. The molecular weight excluding hydrogens is 226 g/mol. The molecule has 4 heteroatoms. The van der Waals surface area contributed by atoms with Gasteiger partial charge in [0.2, 0.25) is 0 Å². The fourth-order valence-electron chi connectivity index (χ4n) is 1.86. The van der Waals surface area contributed by atoms with Crippen molar-refractivity contribution >= 4 is 10.9 Å². The first-order chi connectivity index (χ1) is 8.84. The summed E-state index contributed by atoms with van der Waals surface area (Å²) in [4.78, 5) is 12.2. The molecular formula is C14H11N3O. The molecule has 88 valence electrons. The summed E-state index contributed by atoms with van der Waals surface area (Å²) < 4.78 is 0. The standard InChI is InChI=1S/C14H11N3O/c18-14(11-7-15-9-16-8-11)13-6-5-10-3-1-2-4-12(10)17-13/h1-9,14,18H. The number of aliphatic hydroxyl groups is 1. The Bertz CT molecular complexity index is 670. The number of aliphatic hydroxyl groups excluding tert-OH is 1. The summed E-state index contributed by atoms with van der Waals surface area (Å²) in [6.45, 7) is 0. The van der Waals surface area contributed by atoms with E-state index in [2.05, 4.69) is 15.0 Å². The normalized spacial score (nSPS) is 12.5. The van der Waals surface area contributed by atoms with Gasteiger partial charge in [-0.1, -0.05) is 24.3 Å². The summed E-state index contributed by atoms with van der Waals surface area (Å²) >= 11 is 0. The number of aromatic nitrogens is 3. The van der Waals surface area contributed by atoms with Gasteiger partial charge in [-0.25, -0.2) is 15.0 Å². The predicted octanol–water partition coefficient (Wildman–Crippen LogP) is 2.11. The quantitative estimate of drug-likeness (QED) is 0.741. The fraction of sp³-hybridized carbons (Fsp3) is 0.0714. The first-order valence-electron chi connectivity index (χ1n) is 5.63. The maximum atomic E-state index is 10.2. The Hall–Kier alpha value is -2.33. The Morgan fingerprint density at radius 1 is 0.944 bits per heavy atom. The third-order valence-electron chi connectivity index (χ3n) is 2.80. The Morgan fingerprint density at radius 2 is 1.72 bits per heavy atom. The van der Waals surface area contributed by atoms with E-state index in [-0.39, 0.29) is 0 Å². The number of rotatable bonds is 2. The molecule has 3 aromatic rings. The molecule has 18 heavy (non-hydrogen) atoms. The Balaban J connectivity index is 2.04. The molecule has 0 aliphatic carbocycles. The molecule has 2 aromatic heterocycles. The van der Waals surface area contributed by atoms with E-state index in [4.69, 9.17) is 0 Å². The zero-order chi connectivity index (χ0) is 12.4. The monoisotopic (exact) mass is 237 g/mol. The zero-order valence-electron chi connectivity index (χ0n) is 9.56. The van der Waals surface area contributed by atoms with Crippen LogP contribution in [0.4, 0.5) is 0 Å². The molecule has 0 bridgehead atoms. The van der Waals surface area contributed by atoms with E-state index in [1.54, 1.807) is 12.4 Å². The molecule has 0 spiro atoms. The van der Waals surface area contributed by atoms with Crippen molar-refractivity contribution in [2.75, 3.05) is 0 Å². The van der Waals surface area contributed by atoms with E-state index < -0.39 is 6.10 Å². The van der Waals surface area contributed by atoms with Crippen LogP contribution in [0.1, 0.15) is 17.4 Å². The van der Waals surface area contributed by atoms with Crippen LogP contribution >= 0.6 is 0 Å². The van der Waals surface area contributed by atoms with Crippen molar-refractivity contribution < 1.29 is 5.11 Å². The lowest BCUT2D eigenvalue weighted by atomic mass is 10.1. The molecule has 0 saturated carbocycles. The van der Waals surface area contributed by atoms with Crippen LogP contribution in [0.15, 0.2) is 55.1 Å². The lowest BCUT2D eigenvalue weighted by Gasteiger charge is -2.10. The number of nitrogens with zero attached hydrogens (tertiary/aromatic N) is 3. The summed E-state index contributed by atoms with van der Waals surface area (Å²) in [7, 11) is 0. The second-order valence-electron chi connectivity index (χ2n) is 4.00. The molecule has 2 heterocycles. The highest BCUT2D eigenvalue weighted by molar-refractivity contribution is 5.78. The molecule has 1 aromatic carbocycles. The molecule has 0 aliphatic rings. The second-order valence-corrected chi connectivity index (χ2v) is 4.00. The summed E-state index contributed by atoms with van der Waals surface area (Å²) in [6.07, 6.45) is 3.82. The summed E-state index contributed by atoms with van der Waals surface area (Å²) in [5.41, 5.74) is 2.11. The van der Waals surface area contributed by atoms with Gasteiger partial charge >= 0.3 is 0 Å². The van der Waals surface area contributed by atoms with Crippen LogP contribution in [-0.4, -0.2) is 20.1 Å². The molecule has 0 radical (unpaired) electrons. The Labute approximate surface area is 104 Å². The molecule has 0 fully saturated rings. The van der Waals surface area contributed by atoms with Crippen molar-refractivity contribution in [2.24, 2.45) is 0 Å². The van der Waals surface area contributed by atoms with Crippen molar-refractivity contribution in [3.8, 4) is 0 Å². The predicted molar refractivity (Wildman–Crippen MR) is 67.8 cm³/mol. The molecule has 3 rings (SSSR count). The average molecular weight is 237 g/mol. The first-order valence-corrected chi connectivity index (χ1v) is 5.63. The van der Waals surface area contributed by atoms with Gasteiger partial charge in [0, 0.05) is 23.3 Å². The van der Waals surface area contributed by atoms with Crippen molar-refractivity contribution in [3.05, 3.63) is 66.4 Å². The van der Waals surface area contributed by atoms with Gasteiger partial charge in [-0.05, 0) is 12.1 Å². The van der Waals surface area contributed by atoms with Crippen molar-refractivity contribution in [2.45, 2.75) is 6.10 Å². The van der Waals surface area contributed by atoms with Crippen LogP contribution in [-0.2, 0) is 0 Å². The minimum absolute atomic E-state index is 0.600. The third kappa shape index (κ3) is 1.94. The molecule has 1 unspecified atom stereocenters. The number of hydrogen-bond acceptors (Lipinski definition) is 4. The highest BCUT2D eigenvalue weighted by Crippen LogP contribution is 2.21. The largest absolute Gasteiger partial charge is 0.382 e. The maximum Gasteiger partial charge on any atom is 0.124 e. The highest BCUT2D eigenvalue weighted by atomic mass is 16.3. The fourth-order valence-corrected chi connectivity index (χ4v) is 1.86. The van der Waals surface area contributed by atoms with Crippen LogP contribution in [0, 0.1) is 0 Å². The first kappa shape index (κ1) is 10.8. The van der Waals surface area contributed by atoms with E-state index in [0.717, 1.165) is 10.9 Å². The Morgan fingerprint density at radius 3 is 2.56 bits per heavy atom. The molecule has 4 nitrogen and oxygen atoms in total.